The molecule has 0 unspecified atom stereocenters. The summed E-state index contributed by atoms with van der Waals surface area (Å²) in [6.07, 6.45) is 3.33. The Morgan fingerprint density at radius 1 is 0.929 bits per heavy atom. The highest BCUT2D eigenvalue weighted by atomic mass is 31.1. The molecule has 0 aliphatic rings. The second-order valence-electron chi connectivity index (χ2n) is 2.00. The van der Waals surface area contributed by atoms with Gasteiger partial charge in [-0.3, -0.25) is 9.13 Å². The van der Waals surface area contributed by atoms with E-state index in [1.165, 1.54) is 6.42 Å². The lowest BCUT2D eigenvalue weighted by atomic mass is 10.3. The summed E-state index contributed by atoms with van der Waals surface area (Å²) in [4.78, 5) is 28.6. The van der Waals surface area contributed by atoms with Crippen LogP contribution in [-0.4, -0.2) is 31.3 Å². The van der Waals surface area contributed by atoms with Gasteiger partial charge in [0, 0.05) is 6.61 Å². The summed E-state index contributed by atoms with van der Waals surface area (Å²) in [5, 5.41) is 8.20. The first-order valence-electron chi connectivity index (χ1n) is 3.83. The van der Waals surface area contributed by atoms with Gasteiger partial charge in [0.05, 0.1) is 0 Å². The molecule has 0 aliphatic carbocycles. The van der Waals surface area contributed by atoms with E-state index < -0.39 is 16.5 Å². The van der Waals surface area contributed by atoms with E-state index in [0.717, 1.165) is 12.8 Å². The van der Waals surface area contributed by atoms with Crippen LogP contribution in [0.3, 0.4) is 0 Å². The number of hydrogen-bond acceptors (Lipinski definition) is 3. The van der Waals surface area contributed by atoms with Crippen LogP contribution in [0.4, 0.5) is 0 Å². The minimum absolute atomic E-state index is 0.355. The molecule has 90 valence electrons. The Kier molecular flexibility index (Phi) is 26.7. The molecule has 0 atom stereocenters. The molecular formula is C5H18O7P2. The van der Waals surface area contributed by atoms with Gasteiger partial charge < -0.3 is 24.7 Å². The monoisotopic (exact) mass is 252 g/mol. The zero-order chi connectivity index (χ0) is 12.0. The Hall–Kier alpha value is 0.260. The fourth-order valence-corrected chi connectivity index (χ4v) is 0.362. The third-order valence-electron chi connectivity index (χ3n) is 0.762. The molecule has 0 bridgehead atoms. The molecule has 0 aromatic heterocycles. The lowest BCUT2D eigenvalue weighted by Gasteiger charge is -1.85. The molecule has 0 saturated carbocycles. The van der Waals surface area contributed by atoms with Gasteiger partial charge in [0.2, 0.25) is 0 Å². The third-order valence-corrected chi connectivity index (χ3v) is 0.762. The van der Waals surface area contributed by atoms with Crippen LogP contribution in [0, 0.1) is 0 Å². The molecule has 0 saturated heterocycles. The van der Waals surface area contributed by atoms with Gasteiger partial charge >= 0.3 is 16.5 Å². The fraction of sp³-hybridized carbons (Fsp3) is 1.00. The summed E-state index contributed by atoms with van der Waals surface area (Å²) in [6.45, 7) is 2.48. The molecule has 5 N–H and O–H groups in total. The molecule has 0 aromatic rings. The van der Waals surface area contributed by atoms with E-state index in [4.69, 9.17) is 33.8 Å². The predicted molar refractivity (Wildman–Crippen MR) is 53.5 cm³/mol. The van der Waals surface area contributed by atoms with Crippen molar-refractivity contribution in [2.45, 2.75) is 26.2 Å². The van der Waals surface area contributed by atoms with Crippen LogP contribution in [0.15, 0.2) is 0 Å². The largest absolute Gasteiger partial charge is 0.396 e. The van der Waals surface area contributed by atoms with E-state index in [2.05, 4.69) is 6.92 Å². The average molecular weight is 252 g/mol. The molecule has 14 heavy (non-hydrogen) atoms. The van der Waals surface area contributed by atoms with Gasteiger partial charge in [-0.25, -0.2) is 0 Å². The molecule has 7 nitrogen and oxygen atoms in total. The van der Waals surface area contributed by atoms with Crippen LogP contribution in [0.25, 0.3) is 0 Å². The molecule has 0 aliphatic heterocycles. The molecule has 0 rings (SSSR count). The first kappa shape index (κ1) is 19.8. The standard InChI is InChI=1S/C5H12O.2H3O3P/c1-2-3-4-5-6;2*1-4(2)3/h6H,2-5H2,1H3;2*4H,(H2,1,2,3). The van der Waals surface area contributed by atoms with Gasteiger partial charge in [0.25, 0.3) is 0 Å². The SMILES string of the molecule is CCCCCO.O=[PH](O)O.O=[PH](O)O. The summed E-state index contributed by atoms with van der Waals surface area (Å²) in [5.41, 5.74) is 0. The summed E-state index contributed by atoms with van der Waals surface area (Å²) >= 11 is 0. The smallest absolute Gasteiger partial charge is 0.314 e. The molecule has 9 heteroatoms. The minimum atomic E-state index is -3.13. The van der Waals surface area contributed by atoms with Crippen molar-refractivity contribution in [2.24, 2.45) is 0 Å². The Bertz CT molecular complexity index is 116. The normalized spacial score (nSPS) is 8.86. The first-order valence-corrected chi connectivity index (χ1v) is 6.43. The lowest BCUT2D eigenvalue weighted by Crippen LogP contribution is -1.78. The zero-order valence-electron chi connectivity index (χ0n) is 7.88. The zero-order valence-corrected chi connectivity index (χ0v) is 9.88. The Labute approximate surface area is 83.9 Å². The average Bonchev–Trinajstić information content (AvgIpc) is 1.98. The molecule has 0 fully saturated rings. The van der Waals surface area contributed by atoms with E-state index in [-0.39, 0.29) is 0 Å². The molecule has 0 radical (unpaired) electrons. The molecule has 0 amide bonds. The highest BCUT2D eigenvalue weighted by molar-refractivity contribution is 7.31. The van der Waals surface area contributed by atoms with E-state index in [9.17, 15) is 0 Å². The van der Waals surface area contributed by atoms with Crippen molar-refractivity contribution >= 4 is 16.5 Å². The minimum Gasteiger partial charge on any atom is -0.396 e. The van der Waals surface area contributed by atoms with Crippen molar-refractivity contribution in [1.29, 1.82) is 0 Å². The van der Waals surface area contributed by atoms with Gasteiger partial charge in [-0.1, -0.05) is 19.8 Å². The first-order chi connectivity index (χ1) is 6.38. The van der Waals surface area contributed by atoms with Crippen LogP contribution in [0.1, 0.15) is 26.2 Å². The highest BCUT2D eigenvalue weighted by Gasteiger charge is 1.76. The van der Waals surface area contributed by atoms with Crippen LogP contribution >= 0.6 is 16.5 Å². The van der Waals surface area contributed by atoms with Gasteiger partial charge in [0.1, 0.15) is 0 Å². The quantitative estimate of drug-likeness (QED) is 0.349. The third kappa shape index (κ3) is 146. The van der Waals surface area contributed by atoms with Gasteiger partial charge in [-0.2, -0.15) is 0 Å². The second-order valence-corrected chi connectivity index (χ2v) is 3.13. The number of rotatable bonds is 3. The molecule has 0 spiro atoms. The fourth-order valence-electron chi connectivity index (χ4n) is 0.362. The Balaban J connectivity index is -0.000000135. The molecular weight excluding hydrogens is 234 g/mol. The maximum absolute atomic E-state index is 8.74. The van der Waals surface area contributed by atoms with Gasteiger partial charge in [0.15, 0.2) is 0 Å². The predicted octanol–water partition coefficient (Wildman–Crippen LogP) is -0.110. The van der Waals surface area contributed by atoms with Crippen LogP contribution in [-0.2, 0) is 9.13 Å². The number of aliphatic hydroxyl groups excluding tert-OH is 1. The van der Waals surface area contributed by atoms with Gasteiger partial charge in [-0.15, -0.1) is 0 Å². The van der Waals surface area contributed by atoms with E-state index >= 15 is 0 Å². The maximum atomic E-state index is 8.74. The van der Waals surface area contributed by atoms with Crippen LogP contribution in [0.2, 0.25) is 0 Å². The van der Waals surface area contributed by atoms with Crippen molar-refractivity contribution in [1.82, 2.24) is 0 Å². The van der Waals surface area contributed by atoms with Crippen molar-refractivity contribution < 1.29 is 33.8 Å². The number of unbranched alkanes of at least 4 members (excludes halogenated alkanes) is 2. The van der Waals surface area contributed by atoms with Crippen LogP contribution in [0.5, 0.6) is 0 Å². The molecule has 0 aromatic carbocycles. The summed E-state index contributed by atoms with van der Waals surface area (Å²) in [6, 6.07) is 0. The topological polar surface area (TPSA) is 135 Å². The van der Waals surface area contributed by atoms with E-state index in [0.29, 0.717) is 6.61 Å². The van der Waals surface area contributed by atoms with E-state index in [1.807, 2.05) is 0 Å². The summed E-state index contributed by atoms with van der Waals surface area (Å²) < 4.78 is 17.5. The second kappa shape index (κ2) is 18.9. The van der Waals surface area contributed by atoms with Crippen molar-refractivity contribution in [2.75, 3.05) is 6.61 Å². The van der Waals surface area contributed by atoms with Crippen molar-refractivity contribution in [3.63, 3.8) is 0 Å². The van der Waals surface area contributed by atoms with Crippen molar-refractivity contribution in [3.8, 4) is 0 Å². The van der Waals surface area contributed by atoms with Gasteiger partial charge in [-0.05, 0) is 6.42 Å². The highest BCUT2D eigenvalue weighted by Crippen LogP contribution is 1.98. The van der Waals surface area contributed by atoms with E-state index in [1.54, 1.807) is 0 Å². The Morgan fingerprint density at radius 3 is 1.29 bits per heavy atom. The van der Waals surface area contributed by atoms with Crippen LogP contribution < -0.4 is 0 Å². The summed E-state index contributed by atoms with van der Waals surface area (Å²) in [5.74, 6) is 0. The van der Waals surface area contributed by atoms with Crippen molar-refractivity contribution in [3.05, 3.63) is 0 Å². The number of aliphatic hydroxyl groups is 1. The maximum Gasteiger partial charge on any atom is 0.314 e. The Morgan fingerprint density at radius 2 is 1.21 bits per heavy atom. The molecule has 0 heterocycles. The lowest BCUT2D eigenvalue weighted by molar-refractivity contribution is 0.284. The summed E-state index contributed by atoms with van der Waals surface area (Å²) in [7, 11) is -6.26. The number of hydrogen-bond donors (Lipinski definition) is 5.